The second-order valence-electron chi connectivity index (χ2n) is 12.3. The van der Waals surface area contributed by atoms with Crippen LogP contribution < -0.4 is 9.80 Å². The zero-order valence-electron chi connectivity index (χ0n) is 23.7. The minimum atomic E-state index is -0.154. The van der Waals surface area contributed by atoms with Crippen LogP contribution in [0.15, 0.2) is 91.3 Å². The van der Waals surface area contributed by atoms with Gasteiger partial charge in [0.15, 0.2) is 11.6 Å². The summed E-state index contributed by atoms with van der Waals surface area (Å²) in [6.07, 6.45) is 3.63. The van der Waals surface area contributed by atoms with Crippen molar-refractivity contribution in [3.05, 3.63) is 108 Å². The van der Waals surface area contributed by atoms with E-state index in [1.54, 1.807) is 0 Å². The number of aromatic nitrogens is 2. The third kappa shape index (κ3) is 2.95. The van der Waals surface area contributed by atoms with Crippen molar-refractivity contribution in [1.29, 1.82) is 0 Å². The first kappa shape index (κ1) is 24.1. The number of hydrogen-bond donors (Lipinski definition) is 0. The highest BCUT2D eigenvalue weighted by Gasteiger charge is 2.76. The molecule has 4 aromatic rings. The highest BCUT2D eigenvalue weighted by atomic mass is 15.5. The Balaban J connectivity index is 1.51. The molecule has 3 unspecified atom stereocenters. The van der Waals surface area contributed by atoms with Gasteiger partial charge in [-0.2, -0.15) is 0 Å². The van der Waals surface area contributed by atoms with Crippen LogP contribution in [0.2, 0.25) is 0 Å². The molecule has 0 N–H and O–H groups in total. The molecule has 1 saturated carbocycles. The molecule has 4 heteroatoms. The molecule has 3 aromatic carbocycles. The summed E-state index contributed by atoms with van der Waals surface area (Å²) < 4.78 is 0. The van der Waals surface area contributed by atoms with E-state index in [4.69, 9.17) is 9.97 Å². The highest BCUT2D eigenvalue weighted by molar-refractivity contribution is 5.92. The minimum Gasteiger partial charge on any atom is -0.301 e. The fourth-order valence-corrected chi connectivity index (χ4v) is 7.48. The molecule has 0 spiro atoms. The molecule has 0 saturated heterocycles. The van der Waals surface area contributed by atoms with Crippen molar-refractivity contribution in [2.45, 2.75) is 65.0 Å². The van der Waals surface area contributed by atoms with Crippen LogP contribution in [0.4, 0.5) is 23.0 Å². The molecule has 1 aromatic heterocycles. The number of rotatable bonds is 4. The highest BCUT2D eigenvalue weighted by Crippen LogP contribution is 2.77. The Morgan fingerprint density at radius 3 is 2.00 bits per heavy atom. The van der Waals surface area contributed by atoms with E-state index in [9.17, 15) is 0 Å². The lowest BCUT2D eigenvalue weighted by atomic mass is 9.79. The predicted molar refractivity (Wildman–Crippen MR) is 161 cm³/mol. The number of anilines is 4. The van der Waals surface area contributed by atoms with Crippen molar-refractivity contribution in [2.75, 3.05) is 9.80 Å². The molecule has 0 amide bonds. The summed E-state index contributed by atoms with van der Waals surface area (Å²) in [7, 11) is 0. The minimum absolute atomic E-state index is 0.00228. The molecule has 1 aliphatic carbocycles. The maximum atomic E-state index is 4.94. The number of para-hydroxylation sites is 1. The third-order valence-electron chi connectivity index (χ3n) is 9.82. The molecule has 3 aliphatic rings. The Morgan fingerprint density at radius 1 is 0.769 bits per heavy atom. The zero-order valence-corrected chi connectivity index (χ0v) is 23.7. The smallest absolute Gasteiger partial charge is 0.178 e. The molecular weight excluding hydrogens is 476 g/mol. The number of nitrogens with zero attached hydrogens (tertiary/aromatic N) is 4. The standard InChI is InChI=1S/C35H36N4/c1-21(2)26-14-11-15-27(22(3)4)30(26)24-16-17-28-29(20-24)39-32-31(36-18-19-37-32)38(25-12-9-8-10-13-25)33(39)35(7)23(5)34(28,35)6/h8-22,33H,5H2,1-4,6-7H3. The van der Waals surface area contributed by atoms with Crippen LogP contribution in [-0.4, -0.2) is 16.1 Å². The van der Waals surface area contributed by atoms with Gasteiger partial charge in [0, 0.05) is 34.6 Å². The molecule has 1 fully saturated rings. The lowest BCUT2D eigenvalue weighted by Gasteiger charge is -2.43. The van der Waals surface area contributed by atoms with E-state index in [0.717, 1.165) is 17.3 Å². The maximum absolute atomic E-state index is 4.94. The van der Waals surface area contributed by atoms with Gasteiger partial charge >= 0.3 is 0 Å². The SMILES string of the molecule is C=C1C2(C)c3ccc(-c4c(C(C)C)cccc4C(C)C)cc3N3c4nccnc4N(c4ccccc4)C3C12C. The molecule has 7 rings (SSSR count). The van der Waals surface area contributed by atoms with E-state index in [2.05, 4.69) is 125 Å². The van der Waals surface area contributed by atoms with E-state index in [0.29, 0.717) is 11.8 Å². The van der Waals surface area contributed by atoms with Gasteiger partial charge in [-0.1, -0.05) is 102 Å². The van der Waals surface area contributed by atoms with Gasteiger partial charge in [-0.25, -0.2) is 9.97 Å². The van der Waals surface area contributed by atoms with Gasteiger partial charge in [-0.05, 0) is 57.9 Å². The summed E-state index contributed by atoms with van der Waals surface area (Å²) in [5.41, 5.74) is 10.1. The topological polar surface area (TPSA) is 32.3 Å². The van der Waals surface area contributed by atoms with Crippen molar-refractivity contribution < 1.29 is 0 Å². The van der Waals surface area contributed by atoms with Crippen LogP contribution >= 0.6 is 0 Å². The fraction of sp³-hybridized carbons (Fsp3) is 0.314. The predicted octanol–water partition coefficient (Wildman–Crippen LogP) is 8.85. The van der Waals surface area contributed by atoms with Gasteiger partial charge < -0.3 is 9.80 Å². The summed E-state index contributed by atoms with van der Waals surface area (Å²) in [5.74, 6) is 2.67. The second-order valence-corrected chi connectivity index (χ2v) is 12.3. The average Bonchev–Trinajstić information content (AvgIpc) is 3.23. The van der Waals surface area contributed by atoms with E-state index in [1.807, 2.05) is 12.4 Å². The summed E-state index contributed by atoms with van der Waals surface area (Å²) in [6.45, 7) is 18.6. The number of benzene rings is 3. The fourth-order valence-electron chi connectivity index (χ4n) is 7.48. The Hall–Kier alpha value is -3.92. The summed E-state index contributed by atoms with van der Waals surface area (Å²) in [6, 6.07) is 24.5. The van der Waals surface area contributed by atoms with Gasteiger partial charge in [0.1, 0.15) is 6.17 Å². The molecular formula is C35H36N4. The molecule has 196 valence electrons. The first-order chi connectivity index (χ1) is 18.7. The van der Waals surface area contributed by atoms with Crippen LogP contribution in [0.25, 0.3) is 11.1 Å². The largest absolute Gasteiger partial charge is 0.301 e. The number of fused-ring (bicyclic) bond motifs is 8. The average molecular weight is 513 g/mol. The summed E-state index contributed by atoms with van der Waals surface area (Å²) in [4.78, 5) is 14.7. The van der Waals surface area contributed by atoms with Crippen LogP contribution in [0.3, 0.4) is 0 Å². The van der Waals surface area contributed by atoms with Crippen molar-refractivity contribution in [1.82, 2.24) is 9.97 Å². The normalized spacial score (nSPS) is 24.5. The lowest BCUT2D eigenvalue weighted by molar-refractivity contribution is 0.376. The molecule has 0 radical (unpaired) electrons. The van der Waals surface area contributed by atoms with Crippen molar-refractivity contribution >= 4 is 23.0 Å². The van der Waals surface area contributed by atoms with Crippen LogP contribution in [0.1, 0.15) is 70.1 Å². The Labute approximate surface area is 232 Å². The zero-order chi connectivity index (χ0) is 27.3. The van der Waals surface area contributed by atoms with Crippen LogP contribution in [0.5, 0.6) is 0 Å². The maximum Gasteiger partial charge on any atom is 0.178 e. The Bertz CT molecular complexity index is 1610. The Kier molecular flexibility index (Phi) is 4.98. The van der Waals surface area contributed by atoms with Crippen LogP contribution in [-0.2, 0) is 5.41 Å². The molecule has 3 atom stereocenters. The van der Waals surface area contributed by atoms with Crippen molar-refractivity contribution in [3.63, 3.8) is 0 Å². The first-order valence-electron chi connectivity index (χ1n) is 14.1. The van der Waals surface area contributed by atoms with E-state index < -0.39 is 0 Å². The van der Waals surface area contributed by atoms with Crippen molar-refractivity contribution in [3.8, 4) is 11.1 Å². The van der Waals surface area contributed by atoms with Gasteiger partial charge in [0.2, 0.25) is 0 Å². The summed E-state index contributed by atoms with van der Waals surface area (Å²) >= 11 is 0. The first-order valence-corrected chi connectivity index (χ1v) is 14.1. The quantitative estimate of drug-likeness (QED) is 0.256. The third-order valence-corrected chi connectivity index (χ3v) is 9.82. The summed E-state index contributed by atoms with van der Waals surface area (Å²) in [5, 5.41) is 0. The molecule has 4 nitrogen and oxygen atoms in total. The lowest BCUT2D eigenvalue weighted by Crippen LogP contribution is -2.50. The van der Waals surface area contributed by atoms with Gasteiger partial charge in [0.05, 0.1) is 0 Å². The van der Waals surface area contributed by atoms with Crippen molar-refractivity contribution in [2.24, 2.45) is 5.41 Å². The van der Waals surface area contributed by atoms with E-state index >= 15 is 0 Å². The monoisotopic (exact) mass is 512 g/mol. The molecule has 3 heterocycles. The Morgan fingerprint density at radius 2 is 1.38 bits per heavy atom. The van der Waals surface area contributed by atoms with Gasteiger partial charge in [-0.3, -0.25) is 0 Å². The van der Waals surface area contributed by atoms with E-state index in [-0.39, 0.29) is 17.0 Å². The van der Waals surface area contributed by atoms with Gasteiger partial charge in [0.25, 0.3) is 0 Å². The second kappa shape index (κ2) is 8.05. The number of hydrogen-bond acceptors (Lipinski definition) is 4. The molecule has 39 heavy (non-hydrogen) atoms. The molecule has 0 bridgehead atoms. The van der Waals surface area contributed by atoms with Gasteiger partial charge in [-0.15, -0.1) is 0 Å². The van der Waals surface area contributed by atoms with E-state index in [1.165, 1.54) is 39.1 Å². The molecule has 2 aliphatic heterocycles. The van der Waals surface area contributed by atoms with Crippen LogP contribution in [0, 0.1) is 5.41 Å².